The molecule has 19 heteroatoms. The number of anilines is 2. The Balaban J connectivity index is 0.956. The van der Waals surface area contributed by atoms with Gasteiger partial charge in [-0.05, 0) is 54.1 Å². The standard InChI is InChI=1S/C50H65N3O16/c54-50(42-9-10-48(49(37-42)53(55)56)52-13-11-51(12-14-52)43-5-2-1-3-6-43)69-40-41-35-46-39-47(36-41)68-34-30-64-26-22-60-18-16-58-20-24-62-28-32-66-45-8-4-7-44(38-45)65-31-27-61-23-19-57-15-17-59-21-25-63-29-33-67-46/h1-10,35-39H,11-34,40H2. The lowest BCUT2D eigenvalue weighted by Gasteiger charge is -2.37. The number of piperazine rings is 1. The molecule has 0 aliphatic carbocycles. The smallest absolute Gasteiger partial charge is 0.338 e. The molecule has 2 heterocycles. The first-order valence-electron chi connectivity index (χ1n) is 23.4. The summed E-state index contributed by atoms with van der Waals surface area (Å²) < 4.78 is 74.3. The van der Waals surface area contributed by atoms with E-state index in [4.69, 9.17) is 61.6 Å². The summed E-state index contributed by atoms with van der Waals surface area (Å²) in [5.74, 6) is 1.62. The molecule has 0 amide bonds. The Hall–Kier alpha value is -5.77. The van der Waals surface area contributed by atoms with Crippen LogP contribution in [-0.4, -0.2) is 169 Å². The molecule has 1 fully saturated rings. The summed E-state index contributed by atoms with van der Waals surface area (Å²) in [5.41, 5.74) is 2.07. The molecule has 0 N–H and O–H groups in total. The number of hydrogen-bond donors (Lipinski definition) is 0. The Bertz CT molecular complexity index is 2000. The van der Waals surface area contributed by atoms with E-state index in [1.165, 1.54) is 6.07 Å². The van der Waals surface area contributed by atoms with Crippen LogP contribution in [0.4, 0.5) is 17.1 Å². The highest BCUT2D eigenvalue weighted by Crippen LogP contribution is 2.32. The van der Waals surface area contributed by atoms with Crippen molar-refractivity contribution >= 4 is 23.0 Å². The number of fused-ring (bicyclic) bond motifs is 4. The predicted molar refractivity (Wildman–Crippen MR) is 254 cm³/mol. The van der Waals surface area contributed by atoms with Crippen LogP contribution in [-0.2, 0) is 49.2 Å². The minimum Gasteiger partial charge on any atom is -0.491 e. The summed E-state index contributed by atoms with van der Waals surface area (Å²) in [4.78, 5) is 29.3. The van der Waals surface area contributed by atoms with Gasteiger partial charge in [-0.25, -0.2) is 4.79 Å². The summed E-state index contributed by atoms with van der Waals surface area (Å²) in [7, 11) is 0. The Morgan fingerprint density at radius 2 is 0.870 bits per heavy atom. The Labute approximate surface area is 403 Å². The number of nitrogens with zero attached hydrogens (tertiary/aromatic N) is 3. The maximum atomic E-state index is 13.3. The lowest BCUT2D eigenvalue weighted by molar-refractivity contribution is -0.384. The molecule has 0 unspecified atom stereocenters. The van der Waals surface area contributed by atoms with Crippen molar-refractivity contribution in [3.05, 3.63) is 112 Å². The second-order valence-corrected chi connectivity index (χ2v) is 15.4. The van der Waals surface area contributed by atoms with Gasteiger partial charge in [0.1, 0.15) is 61.7 Å². The number of para-hydroxylation sites is 1. The topological polar surface area (TPSA) is 187 Å². The van der Waals surface area contributed by atoms with Crippen LogP contribution in [0, 0.1) is 10.1 Å². The number of esters is 1. The van der Waals surface area contributed by atoms with Crippen molar-refractivity contribution in [2.75, 3.05) is 168 Å². The van der Waals surface area contributed by atoms with Gasteiger partial charge < -0.3 is 71.4 Å². The van der Waals surface area contributed by atoms with Crippen molar-refractivity contribution in [1.82, 2.24) is 0 Å². The molecular weight excluding hydrogens is 899 g/mol. The van der Waals surface area contributed by atoms with Crippen LogP contribution in [0.2, 0.25) is 0 Å². The predicted octanol–water partition coefficient (Wildman–Crippen LogP) is 5.64. The average Bonchev–Trinajstić information content (AvgIpc) is 3.37. The Morgan fingerprint density at radius 3 is 1.32 bits per heavy atom. The van der Waals surface area contributed by atoms with Crippen LogP contribution in [0.25, 0.3) is 0 Å². The lowest BCUT2D eigenvalue weighted by atomic mass is 10.1. The zero-order valence-corrected chi connectivity index (χ0v) is 39.2. The molecule has 0 atom stereocenters. The molecule has 0 saturated carbocycles. The van der Waals surface area contributed by atoms with Crippen molar-refractivity contribution < 1.29 is 71.3 Å². The molecule has 6 rings (SSSR count). The molecule has 0 aromatic heterocycles. The molecule has 376 valence electrons. The summed E-state index contributed by atoms with van der Waals surface area (Å²) in [5, 5.41) is 12.2. The maximum absolute atomic E-state index is 13.3. The summed E-state index contributed by atoms with van der Waals surface area (Å²) in [6.07, 6.45) is 0. The van der Waals surface area contributed by atoms with E-state index in [1.54, 1.807) is 30.3 Å². The van der Waals surface area contributed by atoms with Crippen molar-refractivity contribution in [2.45, 2.75) is 6.61 Å². The zero-order valence-electron chi connectivity index (χ0n) is 39.2. The maximum Gasteiger partial charge on any atom is 0.338 e. The fourth-order valence-corrected chi connectivity index (χ4v) is 7.07. The van der Waals surface area contributed by atoms with Crippen LogP contribution < -0.4 is 28.7 Å². The molecule has 4 aromatic rings. The van der Waals surface area contributed by atoms with E-state index in [2.05, 4.69) is 17.0 Å². The molecule has 0 radical (unpaired) electrons. The third-order valence-corrected chi connectivity index (χ3v) is 10.5. The van der Waals surface area contributed by atoms with E-state index in [9.17, 15) is 14.9 Å². The monoisotopic (exact) mass is 963 g/mol. The van der Waals surface area contributed by atoms with Crippen LogP contribution in [0.15, 0.2) is 91.0 Å². The largest absolute Gasteiger partial charge is 0.491 e. The number of carbonyl (C=O) groups is 1. The fraction of sp³-hybridized carbons (Fsp3) is 0.500. The highest BCUT2D eigenvalue weighted by molar-refractivity contribution is 5.91. The third-order valence-electron chi connectivity index (χ3n) is 10.5. The summed E-state index contributed by atoms with van der Waals surface area (Å²) >= 11 is 0. The minimum absolute atomic E-state index is 0.0696. The van der Waals surface area contributed by atoms with E-state index < -0.39 is 10.9 Å². The third kappa shape index (κ3) is 20.0. The number of nitro benzene ring substituents is 1. The number of benzene rings is 4. The number of carbonyl (C=O) groups excluding carboxylic acids is 1. The molecule has 2 aliphatic heterocycles. The number of ether oxygens (including phenoxy) is 13. The molecule has 1 saturated heterocycles. The van der Waals surface area contributed by atoms with E-state index in [1.807, 2.05) is 47.4 Å². The first kappa shape index (κ1) is 52.6. The van der Waals surface area contributed by atoms with Crippen molar-refractivity contribution in [3.63, 3.8) is 0 Å². The number of hydrogen-bond acceptors (Lipinski definition) is 18. The van der Waals surface area contributed by atoms with Gasteiger partial charge in [0.05, 0.1) is 116 Å². The van der Waals surface area contributed by atoms with Crippen LogP contribution in [0.3, 0.4) is 0 Å². The van der Waals surface area contributed by atoms with Gasteiger partial charge in [0.25, 0.3) is 5.69 Å². The molecule has 0 spiro atoms. The van der Waals surface area contributed by atoms with Gasteiger partial charge in [-0.3, -0.25) is 10.1 Å². The highest BCUT2D eigenvalue weighted by atomic mass is 16.6. The quantitative estimate of drug-likeness (QED) is 0.131. The fourth-order valence-electron chi connectivity index (χ4n) is 7.07. The molecule has 19 nitrogen and oxygen atoms in total. The average molecular weight is 964 g/mol. The van der Waals surface area contributed by atoms with Crippen molar-refractivity contribution in [1.29, 1.82) is 0 Å². The van der Waals surface area contributed by atoms with Crippen LogP contribution in [0.1, 0.15) is 15.9 Å². The molecule has 4 aromatic carbocycles. The summed E-state index contributed by atoms with van der Waals surface area (Å²) in [6, 6.07) is 27.1. The van der Waals surface area contributed by atoms with Gasteiger partial charge in [0.2, 0.25) is 0 Å². The highest BCUT2D eigenvalue weighted by Gasteiger charge is 2.26. The number of rotatable bonds is 6. The van der Waals surface area contributed by atoms with Gasteiger partial charge in [0, 0.05) is 50.1 Å². The lowest BCUT2D eigenvalue weighted by Crippen LogP contribution is -2.46. The van der Waals surface area contributed by atoms with Crippen molar-refractivity contribution in [2.24, 2.45) is 0 Å². The Kier molecular flexibility index (Phi) is 23.9. The molecule has 4 bridgehead atoms. The van der Waals surface area contributed by atoms with E-state index in [0.29, 0.717) is 179 Å². The first-order chi connectivity index (χ1) is 34.0. The second-order valence-electron chi connectivity index (χ2n) is 15.4. The molecule has 69 heavy (non-hydrogen) atoms. The van der Waals surface area contributed by atoms with E-state index in [-0.39, 0.29) is 31.1 Å². The minimum atomic E-state index is -0.704. The van der Waals surface area contributed by atoms with Crippen LogP contribution in [0.5, 0.6) is 23.0 Å². The van der Waals surface area contributed by atoms with Gasteiger partial charge in [-0.2, -0.15) is 0 Å². The second kappa shape index (κ2) is 31.4. The van der Waals surface area contributed by atoms with Gasteiger partial charge >= 0.3 is 5.97 Å². The van der Waals surface area contributed by atoms with Gasteiger partial charge in [0.15, 0.2) is 0 Å². The van der Waals surface area contributed by atoms with Gasteiger partial charge in [-0.15, -0.1) is 0 Å². The Morgan fingerprint density at radius 1 is 0.464 bits per heavy atom. The van der Waals surface area contributed by atoms with Crippen LogP contribution >= 0.6 is 0 Å². The van der Waals surface area contributed by atoms with Crippen molar-refractivity contribution in [3.8, 4) is 23.0 Å². The molecule has 2 aliphatic rings. The zero-order chi connectivity index (χ0) is 48.0. The normalized spacial score (nSPS) is 18.1. The van der Waals surface area contributed by atoms with E-state index >= 15 is 0 Å². The SMILES string of the molecule is O=C(OCc1cc2cc(c1)OCCOCCOCCOCCOCCOc1cccc(c1)OCCOCCOCCOCCOCCO2)c1ccc(N2CCN(c3ccccc3)CC2)c([N+](=O)[O-])c1. The van der Waals surface area contributed by atoms with Gasteiger partial charge in [-0.1, -0.05) is 24.3 Å². The summed E-state index contributed by atoms with van der Waals surface area (Å²) in [6.45, 7) is 10.0. The van der Waals surface area contributed by atoms with E-state index in [0.717, 1.165) is 5.69 Å². The first-order valence-corrected chi connectivity index (χ1v) is 23.4. The molecular formula is C50H65N3O16. The number of nitro groups is 1.